The number of rotatable bonds is 6. The zero-order valence-corrected chi connectivity index (χ0v) is 12.4. The van der Waals surface area contributed by atoms with Crippen LogP contribution < -0.4 is 5.32 Å². The number of esters is 1. The molecule has 0 aliphatic carbocycles. The van der Waals surface area contributed by atoms with Crippen molar-refractivity contribution in [3.63, 3.8) is 0 Å². The van der Waals surface area contributed by atoms with Crippen molar-refractivity contribution in [2.75, 3.05) is 11.9 Å². The number of carbonyl (C=O) groups excluding carboxylic acids is 2. The first-order valence-electron chi connectivity index (χ1n) is 5.78. The van der Waals surface area contributed by atoms with Gasteiger partial charge in [0.2, 0.25) is 5.91 Å². The van der Waals surface area contributed by atoms with E-state index in [-0.39, 0.29) is 0 Å². The predicted molar refractivity (Wildman–Crippen MR) is 73.8 cm³/mol. The first kappa shape index (κ1) is 18.1. The Bertz CT molecular complexity index is 578. The summed E-state index contributed by atoms with van der Waals surface area (Å²) < 4.78 is 53.3. The van der Waals surface area contributed by atoms with E-state index < -0.39 is 30.8 Å². The molecular weight excluding hydrogens is 374 g/mol. The van der Waals surface area contributed by atoms with Gasteiger partial charge >= 0.3 is 18.3 Å². The van der Waals surface area contributed by atoms with E-state index in [0.717, 1.165) is 6.08 Å². The highest BCUT2D eigenvalue weighted by molar-refractivity contribution is 9.10. The van der Waals surface area contributed by atoms with Crippen LogP contribution in [0.4, 0.5) is 23.2 Å². The second-order valence-corrected chi connectivity index (χ2v) is 4.92. The normalized spacial score (nSPS) is 11.7. The Morgan fingerprint density at radius 3 is 2.59 bits per heavy atom. The van der Waals surface area contributed by atoms with Gasteiger partial charge in [0.1, 0.15) is 0 Å². The van der Waals surface area contributed by atoms with Crippen molar-refractivity contribution in [1.82, 2.24) is 0 Å². The van der Waals surface area contributed by atoms with Crippen molar-refractivity contribution < 1.29 is 31.9 Å². The minimum Gasteiger partial charge on any atom is -0.456 e. The van der Waals surface area contributed by atoms with Crippen molar-refractivity contribution in [2.24, 2.45) is 0 Å². The van der Waals surface area contributed by atoms with Gasteiger partial charge in [0.05, 0.1) is 0 Å². The first-order chi connectivity index (χ1) is 10.2. The number of hydrogen-bond acceptors (Lipinski definition) is 3. The van der Waals surface area contributed by atoms with Gasteiger partial charge in [-0.25, -0.2) is 13.6 Å². The van der Waals surface area contributed by atoms with E-state index in [9.17, 15) is 27.2 Å². The lowest BCUT2D eigenvalue weighted by atomic mass is 10.3. The average molecular weight is 384 g/mol. The van der Waals surface area contributed by atoms with Crippen molar-refractivity contribution >= 4 is 33.5 Å². The molecule has 0 bridgehead atoms. The summed E-state index contributed by atoms with van der Waals surface area (Å²) in [5, 5.41) is 2.40. The number of benzene rings is 1. The van der Waals surface area contributed by atoms with E-state index in [2.05, 4.69) is 26.0 Å². The Morgan fingerprint density at radius 2 is 2.00 bits per heavy atom. The molecule has 9 heteroatoms. The molecule has 1 rings (SSSR count). The highest BCUT2D eigenvalue weighted by Gasteiger charge is 2.42. The second kappa shape index (κ2) is 7.92. The fourth-order valence-corrected chi connectivity index (χ4v) is 1.57. The largest absolute Gasteiger partial charge is 0.456 e. The van der Waals surface area contributed by atoms with E-state index in [1.54, 1.807) is 24.3 Å². The molecule has 22 heavy (non-hydrogen) atoms. The lowest BCUT2D eigenvalue weighted by Crippen LogP contribution is -2.33. The highest BCUT2D eigenvalue weighted by atomic mass is 79.9. The van der Waals surface area contributed by atoms with Gasteiger partial charge in [-0.15, -0.1) is 0 Å². The van der Waals surface area contributed by atoms with Crippen LogP contribution in [0.2, 0.25) is 0 Å². The third-order valence-corrected chi connectivity index (χ3v) is 2.68. The summed E-state index contributed by atoms with van der Waals surface area (Å²) in [4.78, 5) is 22.5. The topological polar surface area (TPSA) is 55.4 Å². The van der Waals surface area contributed by atoms with Gasteiger partial charge in [-0.3, -0.25) is 4.79 Å². The summed E-state index contributed by atoms with van der Waals surface area (Å²) in [6.07, 6.45) is -2.64. The van der Waals surface area contributed by atoms with Crippen LogP contribution in [-0.4, -0.2) is 30.8 Å². The van der Waals surface area contributed by atoms with Gasteiger partial charge in [0.25, 0.3) is 0 Å². The fourth-order valence-electron chi connectivity index (χ4n) is 1.17. The lowest BCUT2D eigenvalue weighted by molar-refractivity contribution is -0.176. The summed E-state index contributed by atoms with van der Waals surface area (Å²) in [5.74, 6) is -6.47. The summed E-state index contributed by atoms with van der Waals surface area (Å²) >= 11 is 3.19. The third-order valence-electron chi connectivity index (χ3n) is 2.19. The molecule has 1 N–H and O–H groups in total. The molecule has 0 aliphatic heterocycles. The van der Waals surface area contributed by atoms with E-state index in [0.29, 0.717) is 16.2 Å². The Hall–Kier alpha value is -1.90. The van der Waals surface area contributed by atoms with Crippen LogP contribution >= 0.6 is 15.9 Å². The number of amides is 1. The number of hydrogen-bond donors (Lipinski definition) is 1. The summed E-state index contributed by atoms with van der Waals surface area (Å²) in [6.45, 7) is -1.76. The zero-order chi connectivity index (χ0) is 16.8. The maximum Gasteiger partial charge on any atom is 0.340 e. The van der Waals surface area contributed by atoms with Gasteiger partial charge in [-0.1, -0.05) is 22.0 Å². The second-order valence-electron chi connectivity index (χ2n) is 4.00. The van der Waals surface area contributed by atoms with Crippen molar-refractivity contribution in [3.8, 4) is 0 Å². The number of ether oxygens (including phenoxy) is 1. The van der Waals surface area contributed by atoms with E-state index in [1.165, 1.54) is 0 Å². The molecule has 1 aromatic rings. The minimum absolute atomic E-state index is 0.432. The Kier molecular flexibility index (Phi) is 6.54. The van der Waals surface area contributed by atoms with Gasteiger partial charge in [-0.2, -0.15) is 8.78 Å². The van der Waals surface area contributed by atoms with Crippen LogP contribution in [0.5, 0.6) is 0 Å². The lowest BCUT2D eigenvalue weighted by Gasteiger charge is -2.13. The molecule has 0 atom stereocenters. The molecule has 4 nitrogen and oxygen atoms in total. The third kappa shape index (κ3) is 6.25. The monoisotopic (exact) mass is 383 g/mol. The van der Waals surface area contributed by atoms with Crippen molar-refractivity contribution in [1.29, 1.82) is 0 Å². The molecule has 0 aliphatic rings. The van der Waals surface area contributed by atoms with Gasteiger partial charge < -0.3 is 10.1 Å². The molecule has 120 valence electrons. The zero-order valence-electron chi connectivity index (χ0n) is 10.9. The Labute approximate surface area is 131 Å². The van der Waals surface area contributed by atoms with Gasteiger partial charge in [0.15, 0.2) is 6.61 Å². The van der Waals surface area contributed by atoms with Crippen molar-refractivity contribution in [2.45, 2.75) is 12.3 Å². The number of nitrogens with one attached hydrogen (secondary N) is 1. The average Bonchev–Trinajstić information content (AvgIpc) is 2.43. The van der Waals surface area contributed by atoms with Gasteiger partial charge in [-0.05, 0) is 18.2 Å². The molecule has 0 unspecified atom stereocenters. The Morgan fingerprint density at radius 1 is 1.32 bits per heavy atom. The number of halogens is 5. The minimum atomic E-state index is -4.43. The SMILES string of the molecule is O=C(/C=C/C(=O)OCC(F)(F)C(F)F)Nc1cccc(Br)c1. The molecule has 1 aromatic carbocycles. The van der Waals surface area contributed by atoms with Gasteiger partial charge in [0, 0.05) is 22.3 Å². The molecule has 0 fully saturated rings. The molecule has 0 saturated carbocycles. The van der Waals surface area contributed by atoms with Crippen molar-refractivity contribution in [3.05, 3.63) is 40.9 Å². The maximum absolute atomic E-state index is 12.5. The smallest absolute Gasteiger partial charge is 0.340 e. The van der Waals surface area contributed by atoms with Crippen LogP contribution in [0.15, 0.2) is 40.9 Å². The summed E-state index contributed by atoms with van der Waals surface area (Å²) in [7, 11) is 0. The molecule has 0 heterocycles. The molecule has 0 saturated heterocycles. The van der Waals surface area contributed by atoms with Crippen LogP contribution in [0.1, 0.15) is 0 Å². The van der Waals surface area contributed by atoms with E-state index in [4.69, 9.17) is 0 Å². The van der Waals surface area contributed by atoms with Crippen LogP contribution in [0.25, 0.3) is 0 Å². The van der Waals surface area contributed by atoms with Crippen LogP contribution in [0.3, 0.4) is 0 Å². The molecule has 1 amide bonds. The summed E-state index contributed by atoms with van der Waals surface area (Å²) in [5.41, 5.74) is 0.432. The number of anilines is 1. The molecule has 0 radical (unpaired) electrons. The standard InChI is InChI=1S/C13H10BrF4NO3/c14-8-2-1-3-9(6-8)19-10(20)4-5-11(21)22-7-13(17,18)12(15)16/h1-6,12H,7H2,(H,19,20)/b5-4+. The highest BCUT2D eigenvalue weighted by Crippen LogP contribution is 2.22. The fraction of sp³-hybridized carbons (Fsp3) is 0.231. The first-order valence-corrected chi connectivity index (χ1v) is 6.57. The number of carbonyl (C=O) groups is 2. The molecular formula is C13H10BrF4NO3. The molecule has 0 spiro atoms. The van der Waals surface area contributed by atoms with Crippen LogP contribution in [0, 0.1) is 0 Å². The predicted octanol–water partition coefficient (Wildman–Crippen LogP) is 3.39. The number of alkyl halides is 4. The Balaban J connectivity index is 2.47. The van der Waals surface area contributed by atoms with E-state index >= 15 is 0 Å². The van der Waals surface area contributed by atoms with Crippen LogP contribution in [-0.2, 0) is 14.3 Å². The summed E-state index contributed by atoms with van der Waals surface area (Å²) in [6, 6.07) is 6.56. The maximum atomic E-state index is 12.5. The molecule has 0 aromatic heterocycles. The van der Waals surface area contributed by atoms with E-state index in [1.807, 2.05) is 0 Å². The quantitative estimate of drug-likeness (QED) is 0.465.